The highest BCUT2D eigenvalue weighted by Crippen LogP contribution is 2.24. The first-order valence-corrected chi connectivity index (χ1v) is 7.27. The Morgan fingerprint density at radius 2 is 1.19 bits per heavy atom. The van der Waals surface area contributed by atoms with E-state index in [2.05, 4.69) is 24.3 Å². The van der Waals surface area contributed by atoms with Crippen LogP contribution in [0.2, 0.25) is 0 Å². The Labute approximate surface area is 105 Å². The van der Waals surface area contributed by atoms with E-state index in [4.69, 9.17) is 10.2 Å². The fraction of sp³-hybridized carbons (Fsp3) is 0.500. The van der Waals surface area contributed by atoms with Crippen LogP contribution in [0, 0.1) is 0 Å². The number of hydrogen-bond acceptors (Lipinski definition) is 4. The number of aliphatic hydroxyl groups is 2. The summed E-state index contributed by atoms with van der Waals surface area (Å²) in [4.78, 5) is 2.34. The molecule has 0 spiro atoms. The van der Waals surface area contributed by atoms with Gasteiger partial charge in [0.25, 0.3) is 0 Å². The minimum absolute atomic E-state index is 0.269. The molecule has 0 aromatic heterocycles. The zero-order chi connectivity index (χ0) is 12.0. The zero-order valence-electron chi connectivity index (χ0n) is 9.59. The lowest BCUT2D eigenvalue weighted by Gasteiger charge is -2.06. The van der Waals surface area contributed by atoms with Crippen molar-refractivity contribution < 1.29 is 10.2 Å². The van der Waals surface area contributed by atoms with Crippen LogP contribution in [-0.2, 0) is 0 Å². The summed E-state index contributed by atoms with van der Waals surface area (Å²) in [7, 11) is 0. The van der Waals surface area contributed by atoms with Crippen LogP contribution < -0.4 is 0 Å². The van der Waals surface area contributed by atoms with Gasteiger partial charge in [0.05, 0.1) is 12.2 Å². The molecule has 1 rings (SSSR count). The fourth-order valence-corrected chi connectivity index (χ4v) is 2.59. The van der Waals surface area contributed by atoms with Gasteiger partial charge in [-0.3, -0.25) is 0 Å². The lowest BCUT2D eigenvalue weighted by Crippen LogP contribution is -2.02. The van der Waals surface area contributed by atoms with E-state index in [1.165, 1.54) is 9.79 Å². The first kappa shape index (κ1) is 13.9. The topological polar surface area (TPSA) is 40.5 Å². The van der Waals surface area contributed by atoms with Gasteiger partial charge in [-0.25, -0.2) is 0 Å². The van der Waals surface area contributed by atoms with Gasteiger partial charge in [0.15, 0.2) is 0 Å². The molecule has 0 bridgehead atoms. The molecule has 2 N–H and O–H groups in total. The van der Waals surface area contributed by atoms with Gasteiger partial charge in [0, 0.05) is 21.3 Å². The maximum absolute atomic E-state index is 9.16. The SMILES string of the molecule is CC(O)CSc1ccc(SCC(C)O)cc1. The van der Waals surface area contributed by atoms with Crippen molar-refractivity contribution in [2.75, 3.05) is 11.5 Å². The van der Waals surface area contributed by atoms with Gasteiger partial charge in [-0.05, 0) is 38.1 Å². The molecule has 90 valence electrons. The third-order valence-electron chi connectivity index (χ3n) is 1.81. The minimum atomic E-state index is -0.269. The highest BCUT2D eigenvalue weighted by molar-refractivity contribution is 7.99. The first-order chi connectivity index (χ1) is 7.58. The smallest absolute Gasteiger partial charge is 0.0606 e. The van der Waals surface area contributed by atoms with Gasteiger partial charge in [0.2, 0.25) is 0 Å². The van der Waals surface area contributed by atoms with Gasteiger partial charge >= 0.3 is 0 Å². The van der Waals surface area contributed by atoms with Crippen LogP contribution in [0.25, 0.3) is 0 Å². The second-order valence-electron chi connectivity index (χ2n) is 3.79. The molecule has 16 heavy (non-hydrogen) atoms. The number of rotatable bonds is 6. The molecule has 0 aliphatic carbocycles. The number of hydrogen-bond donors (Lipinski definition) is 2. The molecule has 1 aromatic rings. The first-order valence-electron chi connectivity index (χ1n) is 5.29. The molecular weight excluding hydrogens is 240 g/mol. The average Bonchev–Trinajstić information content (AvgIpc) is 2.25. The molecule has 0 saturated carbocycles. The van der Waals surface area contributed by atoms with Crippen molar-refractivity contribution in [3.05, 3.63) is 24.3 Å². The van der Waals surface area contributed by atoms with E-state index in [0.717, 1.165) is 11.5 Å². The van der Waals surface area contributed by atoms with Crippen LogP contribution in [0.3, 0.4) is 0 Å². The summed E-state index contributed by atoms with van der Waals surface area (Å²) < 4.78 is 0. The van der Waals surface area contributed by atoms with Gasteiger partial charge < -0.3 is 10.2 Å². The van der Waals surface area contributed by atoms with Crippen LogP contribution >= 0.6 is 23.5 Å². The Kier molecular flexibility index (Phi) is 6.28. The van der Waals surface area contributed by atoms with Crippen LogP contribution in [0.1, 0.15) is 13.8 Å². The molecule has 2 nitrogen and oxygen atoms in total. The predicted octanol–water partition coefficient (Wildman–Crippen LogP) is 2.63. The van der Waals surface area contributed by atoms with Crippen molar-refractivity contribution in [2.45, 2.75) is 35.8 Å². The van der Waals surface area contributed by atoms with Crippen molar-refractivity contribution in [2.24, 2.45) is 0 Å². The zero-order valence-corrected chi connectivity index (χ0v) is 11.2. The van der Waals surface area contributed by atoms with E-state index in [-0.39, 0.29) is 12.2 Å². The summed E-state index contributed by atoms with van der Waals surface area (Å²) in [6.45, 7) is 3.58. The molecule has 2 atom stereocenters. The highest BCUT2D eigenvalue weighted by atomic mass is 32.2. The largest absolute Gasteiger partial charge is 0.393 e. The van der Waals surface area contributed by atoms with E-state index >= 15 is 0 Å². The maximum atomic E-state index is 9.16. The van der Waals surface area contributed by atoms with Crippen LogP contribution in [0.4, 0.5) is 0 Å². The lowest BCUT2D eigenvalue weighted by atomic mass is 10.4. The summed E-state index contributed by atoms with van der Waals surface area (Å²) >= 11 is 3.31. The van der Waals surface area contributed by atoms with Crippen LogP contribution in [0.5, 0.6) is 0 Å². The summed E-state index contributed by atoms with van der Waals surface area (Å²) in [6.07, 6.45) is -0.538. The van der Waals surface area contributed by atoms with Gasteiger partial charge in [-0.15, -0.1) is 23.5 Å². The molecule has 2 unspecified atom stereocenters. The van der Waals surface area contributed by atoms with E-state index < -0.39 is 0 Å². The van der Waals surface area contributed by atoms with E-state index in [1.807, 2.05) is 0 Å². The lowest BCUT2D eigenvalue weighted by molar-refractivity contribution is 0.220. The molecule has 0 saturated heterocycles. The summed E-state index contributed by atoms with van der Waals surface area (Å²) in [6, 6.07) is 8.21. The summed E-state index contributed by atoms with van der Waals surface area (Å²) in [5.41, 5.74) is 0. The molecule has 0 amide bonds. The van der Waals surface area contributed by atoms with Gasteiger partial charge in [-0.1, -0.05) is 0 Å². The molecule has 0 aliphatic rings. The average molecular weight is 258 g/mol. The van der Waals surface area contributed by atoms with Crippen molar-refractivity contribution in [1.29, 1.82) is 0 Å². The third kappa shape index (κ3) is 5.80. The molecular formula is C12H18O2S2. The Morgan fingerprint density at radius 3 is 1.44 bits per heavy atom. The fourth-order valence-electron chi connectivity index (χ4n) is 1.07. The van der Waals surface area contributed by atoms with Crippen LogP contribution in [-0.4, -0.2) is 33.9 Å². The van der Waals surface area contributed by atoms with E-state index in [0.29, 0.717) is 0 Å². The quantitative estimate of drug-likeness (QED) is 0.770. The maximum Gasteiger partial charge on any atom is 0.0606 e. The molecule has 0 heterocycles. The minimum Gasteiger partial charge on any atom is -0.393 e. The molecule has 1 aromatic carbocycles. The number of aliphatic hydroxyl groups excluding tert-OH is 2. The normalized spacial score (nSPS) is 14.8. The van der Waals surface area contributed by atoms with E-state index in [1.54, 1.807) is 37.4 Å². The third-order valence-corrected chi connectivity index (χ3v) is 4.32. The summed E-state index contributed by atoms with van der Waals surface area (Å²) in [5.74, 6) is 1.44. The molecule has 0 radical (unpaired) electrons. The monoisotopic (exact) mass is 258 g/mol. The Morgan fingerprint density at radius 1 is 0.875 bits per heavy atom. The van der Waals surface area contributed by atoms with Crippen molar-refractivity contribution in [1.82, 2.24) is 0 Å². The van der Waals surface area contributed by atoms with Crippen molar-refractivity contribution in [3.8, 4) is 0 Å². The van der Waals surface area contributed by atoms with Crippen molar-refractivity contribution in [3.63, 3.8) is 0 Å². The molecule has 0 fully saturated rings. The molecule has 0 aliphatic heterocycles. The van der Waals surface area contributed by atoms with E-state index in [9.17, 15) is 0 Å². The standard InChI is InChI=1S/C12H18O2S2/c1-9(13)7-15-11-3-5-12(6-4-11)16-8-10(2)14/h3-6,9-10,13-14H,7-8H2,1-2H3. The predicted molar refractivity (Wildman–Crippen MR) is 71.3 cm³/mol. The Hall–Kier alpha value is -0.160. The Bertz CT molecular complexity index is 265. The molecule has 4 heteroatoms. The van der Waals surface area contributed by atoms with Crippen molar-refractivity contribution >= 4 is 23.5 Å². The second kappa shape index (κ2) is 7.22. The van der Waals surface area contributed by atoms with Gasteiger partial charge in [0.1, 0.15) is 0 Å². The highest BCUT2D eigenvalue weighted by Gasteiger charge is 2.01. The van der Waals surface area contributed by atoms with Crippen LogP contribution in [0.15, 0.2) is 34.1 Å². The second-order valence-corrected chi connectivity index (χ2v) is 5.98. The Balaban J connectivity index is 2.41. The van der Waals surface area contributed by atoms with Gasteiger partial charge in [-0.2, -0.15) is 0 Å². The number of benzene rings is 1. The number of thioether (sulfide) groups is 2. The summed E-state index contributed by atoms with van der Waals surface area (Å²) in [5, 5.41) is 18.3.